The van der Waals surface area contributed by atoms with Gasteiger partial charge in [-0.15, -0.1) is 0 Å². The van der Waals surface area contributed by atoms with E-state index < -0.39 is 0 Å². The Morgan fingerprint density at radius 2 is 1.91 bits per heavy atom. The van der Waals surface area contributed by atoms with E-state index in [9.17, 15) is 9.59 Å². The number of anilines is 1. The second kappa shape index (κ2) is 9.28. The molecular weight excluding hydrogens is 472 g/mol. The number of hydrogen-bond acceptors (Lipinski definition) is 4. The smallest absolute Gasteiger partial charge is 0.274 e. The lowest BCUT2D eigenvalue weighted by molar-refractivity contribution is 0.0714. The lowest BCUT2D eigenvalue weighted by atomic mass is 10.1. The Balaban J connectivity index is 1.52. The highest BCUT2D eigenvalue weighted by molar-refractivity contribution is 9.10. The monoisotopic (exact) mass is 498 g/mol. The van der Waals surface area contributed by atoms with E-state index in [-0.39, 0.29) is 11.8 Å². The first kappa shape index (κ1) is 22.3. The number of benzene rings is 1. The van der Waals surface area contributed by atoms with Crippen LogP contribution >= 0.6 is 15.9 Å². The fourth-order valence-electron chi connectivity index (χ4n) is 4.04. The molecule has 1 aromatic carbocycles. The standard InChI is InChI=1S/C23H27BrN6O2/c1-15-20(24)16(2)30(27-15)14-17-8-7-9-18(12-17)22(31)26-19-13-25-28(3)21(19)23(32)29-10-5-4-6-11-29/h7-9,12-13H,4-6,10-11,14H2,1-3H3,(H,26,31). The number of likely N-dealkylation sites (tertiary alicyclic amines) is 1. The van der Waals surface area contributed by atoms with Gasteiger partial charge >= 0.3 is 0 Å². The number of amides is 2. The van der Waals surface area contributed by atoms with E-state index in [0.29, 0.717) is 23.5 Å². The molecule has 2 amide bonds. The van der Waals surface area contributed by atoms with Crippen molar-refractivity contribution in [3.8, 4) is 0 Å². The molecule has 32 heavy (non-hydrogen) atoms. The molecule has 1 saturated heterocycles. The fourth-order valence-corrected chi connectivity index (χ4v) is 4.32. The number of carbonyl (C=O) groups is 2. The second-order valence-electron chi connectivity index (χ2n) is 8.18. The molecule has 0 radical (unpaired) electrons. The summed E-state index contributed by atoms with van der Waals surface area (Å²) < 4.78 is 4.44. The third-order valence-corrected chi connectivity index (χ3v) is 7.00. The van der Waals surface area contributed by atoms with Crippen molar-refractivity contribution >= 4 is 33.4 Å². The molecule has 0 bridgehead atoms. The van der Waals surface area contributed by atoms with E-state index >= 15 is 0 Å². The average Bonchev–Trinajstić information content (AvgIpc) is 3.28. The Labute approximate surface area is 195 Å². The number of rotatable bonds is 5. The fraction of sp³-hybridized carbons (Fsp3) is 0.391. The molecule has 8 nitrogen and oxygen atoms in total. The van der Waals surface area contributed by atoms with E-state index in [0.717, 1.165) is 53.8 Å². The first-order valence-corrected chi connectivity index (χ1v) is 11.6. The highest BCUT2D eigenvalue weighted by Crippen LogP contribution is 2.22. The summed E-state index contributed by atoms with van der Waals surface area (Å²) in [5, 5.41) is 11.6. The normalized spacial score (nSPS) is 13.9. The van der Waals surface area contributed by atoms with Crippen LogP contribution in [0.15, 0.2) is 34.9 Å². The van der Waals surface area contributed by atoms with E-state index in [2.05, 4.69) is 31.4 Å². The highest BCUT2D eigenvalue weighted by atomic mass is 79.9. The SMILES string of the molecule is Cc1nn(Cc2cccc(C(=O)Nc3cnn(C)c3C(=O)N3CCCCC3)c2)c(C)c1Br. The van der Waals surface area contributed by atoms with Gasteiger partial charge in [0.15, 0.2) is 0 Å². The molecule has 1 aliphatic rings. The van der Waals surface area contributed by atoms with Crippen LogP contribution < -0.4 is 5.32 Å². The molecule has 0 aliphatic carbocycles. The van der Waals surface area contributed by atoms with Crippen molar-refractivity contribution in [1.82, 2.24) is 24.5 Å². The number of nitrogens with zero attached hydrogens (tertiary/aromatic N) is 5. The predicted octanol–water partition coefficient (Wildman–Crippen LogP) is 3.92. The van der Waals surface area contributed by atoms with Gasteiger partial charge in [-0.25, -0.2) is 0 Å². The first-order valence-electron chi connectivity index (χ1n) is 10.8. The topological polar surface area (TPSA) is 85.0 Å². The van der Waals surface area contributed by atoms with Crippen molar-refractivity contribution in [3.05, 3.63) is 63.1 Å². The molecule has 0 atom stereocenters. The van der Waals surface area contributed by atoms with Crippen molar-refractivity contribution in [3.63, 3.8) is 0 Å². The van der Waals surface area contributed by atoms with E-state index in [1.54, 1.807) is 13.1 Å². The van der Waals surface area contributed by atoms with Gasteiger partial charge in [0.1, 0.15) is 5.69 Å². The maximum Gasteiger partial charge on any atom is 0.274 e. The van der Waals surface area contributed by atoms with Gasteiger partial charge in [-0.3, -0.25) is 19.0 Å². The molecule has 4 rings (SSSR count). The minimum Gasteiger partial charge on any atom is -0.337 e. The van der Waals surface area contributed by atoms with Crippen molar-refractivity contribution in [2.75, 3.05) is 18.4 Å². The number of aryl methyl sites for hydroxylation is 2. The minimum absolute atomic E-state index is 0.0937. The second-order valence-corrected chi connectivity index (χ2v) is 8.97. The third kappa shape index (κ3) is 4.48. The number of carbonyl (C=O) groups excluding carboxylic acids is 2. The van der Waals surface area contributed by atoms with Crippen LogP contribution in [0.1, 0.15) is 57.1 Å². The van der Waals surface area contributed by atoms with E-state index in [4.69, 9.17) is 0 Å². The molecule has 2 aromatic heterocycles. The summed E-state index contributed by atoms with van der Waals surface area (Å²) in [6.07, 6.45) is 4.68. The number of nitrogens with one attached hydrogen (secondary N) is 1. The Hall–Kier alpha value is -2.94. The van der Waals surface area contributed by atoms with Gasteiger partial charge in [-0.1, -0.05) is 12.1 Å². The summed E-state index contributed by atoms with van der Waals surface area (Å²) >= 11 is 3.55. The predicted molar refractivity (Wildman–Crippen MR) is 126 cm³/mol. The zero-order valence-corrected chi connectivity index (χ0v) is 20.1. The molecule has 0 spiro atoms. The van der Waals surface area contributed by atoms with Crippen LogP contribution in [0.2, 0.25) is 0 Å². The Bertz CT molecular complexity index is 1160. The van der Waals surface area contributed by atoms with Gasteiger partial charge in [0.05, 0.1) is 34.3 Å². The van der Waals surface area contributed by atoms with Gasteiger partial charge in [0.25, 0.3) is 11.8 Å². The van der Waals surface area contributed by atoms with Gasteiger partial charge in [0.2, 0.25) is 0 Å². The molecule has 0 saturated carbocycles. The third-order valence-electron chi connectivity index (χ3n) is 5.85. The number of aromatic nitrogens is 4. The van der Waals surface area contributed by atoms with Crippen molar-refractivity contribution in [2.45, 2.75) is 39.7 Å². The summed E-state index contributed by atoms with van der Waals surface area (Å²) in [6, 6.07) is 7.44. The summed E-state index contributed by atoms with van der Waals surface area (Å²) in [5.74, 6) is -0.369. The highest BCUT2D eigenvalue weighted by Gasteiger charge is 2.25. The van der Waals surface area contributed by atoms with Gasteiger partial charge in [-0.05, 0) is 66.7 Å². The molecule has 168 valence electrons. The largest absolute Gasteiger partial charge is 0.337 e. The van der Waals surface area contributed by atoms with Crippen molar-refractivity contribution in [1.29, 1.82) is 0 Å². The maximum atomic E-state index is 13.0. The molecule has 1 fully saturated rings. The van der Waals surface area contributed by atoms with Crippen molar-refractivity contribution in [2.24, 2.45) is 7.05 Å². The van der Waals surface area contributed by atoms with Gasteiger partial charge < -0.3 is 10.2 Å². The summed E-state index contributed by atoms with van der Waals surface area (Å²) in [7, 11) is 1.72. The lowest BCUT2D eigenvalue weighted by Gasteiger charge is -2.27. The van der Waals surface area contributed by atoms with Gasteiger partial charge in [0, 0.05) is 25.7 Å². The number of halogens is 1. The molecule has 3 heterocycles. The number of piperidine rings is 1. The molecule has 0 unspecified atom stereocenters. The zero-order chi connectivity index (χ0) is 22.8. The number of hydrogen-bond donors (Lipinski definition) is 1. The van der Waals surface area contributed by atoms with Gasteiger partial charge in [-0.2, -0.15) is 10.2 Å². The van der Waals surface area contributed by atoms with Crippen LogP contribution in [0, 0.1) is 13.8 Å². The average molecular weight is 499 g/mol. The Kier molecular flexibility index (Phi) is 6.45. The summed E-state index contributed by atoms with van der Waals surface area (Å²) in [4.78, 5) is 27.9. The van der Waals surface area contributed by atoms with E-state index in [1.807, 2.05) is 41.6 Å². The zero-order valence-electron chi connectivity index (χ0n) is 18.6. The summed E-state index contributed by atoms with van der Waals surface area (Å²) in [5.41, 5.74) is 4.28. The van der Waals surface area contributed by atoms with Crippen LogP contribution in [0.3, 0.4) is 0 Å². The minimum atomic E-state index is -0.276. The van der Waals surface area contributed by atoms with E-state index in [1.165, 1.54) is 10.9 Å². The van der Waals surface area contributed by atoms with Crippen LogP contribution in [0.4, 0.5) is 5.69 Å². The Morgan fingerprint density at radius 1 is 1.16 bits per heavy atom. The lowest BCUT2D eigenvalue weighted by Crippen LogP contribution is -2.37. The van der Waals surface area contributed by atoms with Crippen LogP contribution in [-0.2, 0) is 13.6 Å². The Morgan fingerprint density at radius 3 is 2.59 bits per heavy atom. The maximum absolute atomic E-state index is 13.0. The van der Waals surface area contributed by atoms with Crippen LogP contribution in [0.25, 0.3) is 0 Å². The van der Waals surface area contributed by atoms with Crippen molar-refractivity contribution < 1.29 is 9.59 Å². The summed E-state index contributed by atoms with van der Waals surface area (Å²) in [6.45, 7) is 5.99. The first-order chi connectivity index (χ1) is 15.3. The van der Waals surface area contributed by atoms with Crippen LogP contribution in [-0.4, -0.2) is 49.4 Å². The van der Waals surface area contributed by atoms with Crippen LogP contribution in [0.5, 0.6) is 0 Å². The molecule has 3 aromatic rings. The molecule has 9 heteroatoms. The molecule has 1 N–H and O–H groups in total. The molecule has 1 aliphatic heterocycles. The quantitative estimate of drug-likeness (QED) is 0.577. The molecular formula is C23H27BrN6O2.